The van der Waals surface area contributed by atoms with Gasteiger partial charge in [-0.1, -0.05) is 6.07 Å². The van der Waals surface area contributed by atoms with Crippen LogP contribution in [0.3, 0.4) is 0 Å². The van der Waals surface area contributed by atoms with Gasteiger partial charge in [-0.05, 0) is 17.7 Å². The molecule has 1 aromatic carbocycles. The Labute approximate surface area is 122 Å². The molecule has 0 aromatic heterocycles. The van der Waals surface area contributed by atoms with Gasteiger partial charge in [0.25, 0.3) is 0 Å². The fraction of sp³-hybridized carbons (Fsp3) is 0.273. The Kier molecular flexibility index (Phi) is 5.14. The molecule has 0 aliphatic rings. The highest BCUT2D eigenvalue weighted by molar-refractivity contribution is 7.89. The lowest BCUT2D eigenvalue weighted by Crippen LogP contribution is -2.25. The van der Waals surface area contributed by atoms with Gasteiger partial charge in [0.1, 0.15) is 6.61 Å². The number of nitrogens with two attached hydrogens (primary N) is 1. The average Bonchev–Trinajstić information content (AvgIpc) is 2.41. The van der Waals surface area contributed by atoms with Crippen LogP contribution in [-0.2, 0) is 30.9 Å². The van der Waals surface area contributed by atoms with E-state index >= 15 is 0 Å². The Morgan fingerprint density at radius 3 is 2.32 bits per heavy atom. The van der Waals surface area contributed by atoms with Gasteiger partial charge in [-0.15, -0.1) is 0 Å². The molecular weight excluding hydrogens is 331 g/mol. The van der Waals surface area contributed by atoms with Crippen molar-refractivity contribution in [2.24, 2.45) is 5.14 Å². The Hall–Kier alpha value is -2.14. The molecule has 0 atom stereocenters. The summed E-state index contributed by atoms with van der Waals surface area (Å²) >= 11 is 0. The zero-order chi connectivity index (χ0) is 17.1. The molecule has 0 saturated carbocycles. The summed E-state index contributed by atoms with van der Waals surface area (Å²) in [5.41, 5.74) is -0.532. The van der Waals surface area contributed by atoms with E-state index < -0.39 is 45.2 Å². The maximum absolute atomic E-state index is 12.0. The Morgan fingerprint density at radius 1 is 1.27 bits per heavy atom. The average molecular weight is 341 g/mol. The van der Waals surface area contributed by atoms with Crippen molar-refractivity contribution in [2.75, 3.05) is 7.11 Å². The van der Waals surface area contributed by atoms with E-state index in [1.165, 1.54) is 0 Å². The van der Waals surface area contributed by atoms with Gasteiger partial charge in [0, 0.05) is 0 Å². The number of benzene rings is 1. The molecule has 1 rings (SSSR count). The zero-order valence-electron chi connectivity index (χ0n) is 11.0. The van der Waals surface area contributed by atoms with Gasteiger partial charge in [0.2, 0.25) is 10.0 Å². The van der Waals surface area contributed by atoms with E-state index in [-0.39, 0.29) is 5.56 Å². The van der Waals surface area contributed by atoms with E-state index in [4.69, 9.17) is 5.14 Å². The molecule has 0 amide bonds. The summed E-state index contributed by atoms with van der Waals surface area (Å²) in [7, 11) is -3.27. The van der Waals surface area contributed by atoms with Crippen molar-refractivity contribution in [3.63, 3.8) is 0 Å². The number of hydrogen-bond acceptors (Lipinski definition) is 6. The van der Waals surface area contributed by atoms with E-state index in [9.17, 15) is 31.2 Å². The van der Waals surface area contributed by atoms with Crippen LogP contribution in [0.1, 0.15) is 15.9 Å². The highest BCUT2D eigenvalue weighted by atomic mass is 32.2. The predicted octanol–water partition coefficient (Wildman–Crippen LogP) is 0.726. The topological polar surface area (TPSA) is 113 Å². The van der Waals surface area contributed by atoms with Gasteiger partial charge >= 0.3 is 18.1 Å². The number of ether oxygens (including phenoxy) is 2. The molecule has 0 heterocycles. The largest absolute Gasteiger partial charge is 0.490 e. The van der Waals surface area contributed by atoms with Gasteiger partial charge in [-0.2, -0.15) is 13.2 Å². The van der Waals surface area contributed by atoms with E-state index in [1.807, 2.05) is 0 Å². The summed E-state index contributed by atoms with van der Waals surface area (Å²) in [6.07, 6.45) is -5.16. The number of halogens is 3. The summed E-state index contributed by atoms with van der Waals surface area (Å²) in [5.74, 6) is -3.48. The van der Waals surface area contributed by atoms with Crippen LogP contribution in [0.4, 0.5) is 13.2 Å². The van der Waals surface area contributed by atoms with Crippen LogP contribution in [0.2, 0.25) is 0 Å². The molecule has 7 nitrogen and oxygen atoms in total. The molecule has 1 aromatic rings. The number of rotatable bonds is 4. The maximum atomic E-state index is 12.0. The van der Waals surface area contributed by atoms with Crippen LogP contribution in [0, 0.1) is 0 Å². The van der Waals surface area contributed by atoms with E-state index in [2.05, 4.69) is 9.47 Å². The summed E-state index contributed by atoms with van der Waals surface area (Å²) in [4.78, 5) is 21.5. The minimum absolute atomic E-state index is 0.0506. The van der Waals surface area contributed by atoms with E-state index in [1.54, 1.807) is 0 Å². The molecule has 22 heavy (non-hydrogen) atoms. The third kappa shape index (κ3) is 4.43. The summed E-state index contributed by atoms with van der Waals surface area (Å²) < 4.78 is 67.0. The molecule has 122 valence electrons. The van der Waals surface area contributed by atoms with Crippen molar-refractivity contribution in [3.8, 4) is 0 Å². The molecule has 0 radical (unpaired) electrons. The number of hydrogen-bond donors (Lipinski definition) is 1. The first-order valence-corrected chi connectivity index (χ1v) is 6.99. The van der Waals surface area contributed by atoms with Crippen molar-refractivity contribution >= 4 is 22.0 Å². The van der Waals surface area contributed by atoms with E-state index in [0.29, 0.717) is 0 Å². The molecule has 0 unspecified atom stereocenters. The molecule has 11 heteroatoms. The van der Waals surface area contributed by atoms with Gasteiger partial charge in [-0.25, -0.2) is 23.1 Å². The van der Waals surface area contributed by atoms with E-state index in [0.717, 1.165) is 25.3 Å². The number of carbonyl (C=O) groups excluding carboxylic acids is 2. The van der Waals surface area contributed by atoms with Gasteiger partial charge in [0.05, 0.1) is 17.6 Å². The smallest absolute Gasteiger partial charge is 0.465 e. The second-order valence-electron chi connectivity index (χ2n) is 3.94. The standard InChI is InChI=1S/C11H10F3NO6S/c1-20-9(16)7-4-6(2-3-8(7)22(15,18)19)5-21-10(17)11(12,13)14/h2-4H,5H2,1H3,(H2,15,18,19). The summed E-state index contributed by atoms with van der Waals surface area (Å²) in [6.45, 7) is -0.812. The first-order valence-electron chi connectivity index (χ1n) is 5.45. The third-order valence-corrected chi connectivity index (χ3v) is 3.33. The van der Waals surface area contributed by atoms with Crippen LogP contribution in [0.25, 0.3) is 0 Å². The Bertz CT molecular complexity index is 698. The van der Waals surface area contributed by atoms with Crippen molar-refractivity contribution < 1.29 is 40.7 Å². The van der Waals surface area contributed by atoms with Crippen molar-refractivity contribution in [3.05, 3.63) is 29.3 Å². The Balaban J connectivity index is 3.11. The zero-order valence-corrected chi connectivity index (χ0v) is 11.8. The lowest BCUT2D eigenvalue weighted by atomic mass is 10.1. The number of esters is 2. The molecule has 0 saturated heterocycles. The van der Waals surface area contributed by atoms with Crippen LogP contribution >= 0.6 is 0 Å². The van der Waals surface area contributed by atoms with Gasteiger partial charge in [-0.3, -0.25) is 0 Å². The van der Waals surface area contributed by atoms with Crippen molar-refractivity contribution in [1.82, 2.24) is 0 Å². The minimum Gasteiger partial charge on any atom is -0.465 e. The third-order valence-electron chi connectivity index (χ3n) is 2.36. The minimum atomic E-state index is -5.16. The first kappa shape index (κ1) is 17.9. The number of alkyl halides is 3. The number of methoxy groups -OCH3 is 1. The number of carbonyl (C=O) groups is 2. The summed E-state index contributed by atoms with van der Waals surface area (Å²) in [6, 6.07) is 2.86. The second kappa shape index (κ2) is 6.32. The normalized spacial score (nSPS) is 11.9. The lowest BCUT2D eigenvalue weighted by Gasteiger charge is -2.10. The Morgan fingerprint density at radius 2 is 1.86 bits per heavy atom. The van der Waals surface area contributed by atoms with Crippen LogP contribution < -0.4 is 5.14 Å². The SMILES string of the molecule is COC(=O)c1cc(COC(=O)C(F)(F)F)ccc1S(N)(=O)=O. The number of primary sulfonamides is 1. The predicted molar refractivity (Wildman–Crippen MR) is 65.0 cm³/mol. The van der Waals surface area contributed by atoms with Crippen LogP contribution in [-0.4, -0.2) is 33.6 Å². The molecule has 0 spiro atoms. The fourth-order valence-corrected chi connectivity index (χ4v) is 2.12. The monoisotopic (exact) mass is 341 g/mol. The second-order valence-corrected chi connectivity index (χ2v) is 5.47. The van der Waals surface area contributed by atoms with Crippen LogP contribution in [0.15, 0.2) is 23.1 Å². The molecule has 0 fully saturated rings. The quantitative estimate of drug-likeness (QED) is 0.808. The fourth-order valence-electron chi connectivity index (χ4n) is 1.42. The highest BCUT2D eigenvalue weighted by Gasteiger charge is 2.40. The molecule has 0 aliphatic carbocycles. The highest BCUT2D eigenvalue weighted by Crippen LogP contribution is 2.20. The molecule has 0 bridgehead atoms. The molecule has 0 aliphatic heterocycles. The lowest BCUT2D eigenvalue weighted by molar-refractivity contribution is -0.201. The number of sulfonamides is 1. The van der Waals surface area contributed by atoms with Crippen molar-refractivity contribution in [2.45, 2.75) is 17.7 Å². The first-order chi connectivity index (χ1) is 9.96. The molecule has 2 N–H and O–H groups in total. The summed E-state index contributed by atoms with van der Waals surface area (Å²) in [5, 5.41) is 4.91. The molecular formula is C11H10F3NO6S. The van der Waals surface area contributed by atoms with Crippen LogP contribution in [0.5, 0.6) is 0 Å². The van der Waals surface area contributed by atoms with Gasteiger partial charge < -0.3 is 9.47 Å². The van der Waals surface area contributed by atoms with Crippen molar-refractivity contribution in [1.29, 1.82) is 0 Å². The maximum Gasteiger partial charge on any atom is 0.490 e. The van der Waals surface area contributed by atoms with Gasteiger partial charge in [0.15, 0.2) is 0 Å².